The number of carbonyl (C=O) groups excluding carboxylic acids is 2. The van der Waals surface area contributed by atoms with Crippen LogP contribution < -0.4 is 14.8 Å². The first kappa shape index (κ1) is 30.8. The minimum absolute atomic E-state index is 0.0730. The Morgan fingerprint density at radius 1 is 0.825 bits per heavy atom. The summed E-state index contributed by atoms with van der Waals surface area (Å²) in [6.07, 6.45) is 0.491. The highest BCUT2D eigenvalue weighted by molar-refractivity contribution is 7.89. The van der Waals surface area contributed by atoms with E-state index >= 15 is 0 Å². The van der Waals surface area contributed by atoms with Gasteiger partial charge in [-0.1, -0.05) is 92.7 Å². The highest BCUT2D eigenvalue weighted by atomic mass is 32.2. The molecule has 0 aliphatic rings. The Morgan fingerprint density at radius 3 is 2.00 bits per heavy atom. The van der Waals surface area contributed by atoms with Crippen LogP contribution in [0.5, 0.6) is 5.75 Å². The molecule has 3 aromatic carbocycles. The Labute approximate surface area is 237 Å². The van der Waals surface area contributed by atoms with Crippen molar-refractivity contribution in [3.05, 3.63) is 102 Å². The quantitative estimate of drug-likeness (QED) is 0.255. The van der Waals surface area contributed by atoms with E-state index in [1.165, 1.54) is 0 Å². The van der Waals surface area contributed by atoms with Gasteiger partial charge in [-0.25, -0.2) is 17.9 Å². The van der Waals surface area contributed by atoms with Gasteiger partial charge in [-0.05, 0) is 48.4 Å². The van der Waals surface area contributed by atoms with Gasteiger partial charge in [-0.3, -0.25) is 4.79 Å². The zero-order valence-electron chi connectivity index (χ0n) is 23.0. The molecule has 9 heteroatoms. The van der Waals surface area contributed by atoms with E-state index in [1.54, 1.807) is 24.3 Å². The number of nitrogens with one attached hydrogen (secondary N) is 2. The molecule has 0 heterocycles. The Balaban J connectivity index is 1.65. The summed E-state index contributed by atoms with van der Waals surface area (Å²) < 4.78 is 40.1. The standard InChI is InChI=1S/C31H38N2O6S/c1-24(2)20-27(32-31(35)39-21-26-14-8-4-9-15-26)23-40(36,37)33-29(19-18-25-12-6-3-7-13-25)30(34)22-38-28-16-10-5-11-17-28/h3-17,24,27,29,33H,18-23H2,1-2H3,(H,32,35)/t27-,29-/m0/s1. The lowest BCUT2D eigenvalue weighted by Crippen LogP contribution is -2.48. The van der Waals surface area contributed by atoms with Crippen molar-refractivity contribution in [2.45, 2.75) is 51.8 Å². The second-order valence-corrected chi connectivity index (χ2v) is 11.9. The van der Waals surface area contributed by atoms with Gasteiger partial charge in [-0.15, -0.1) is 0 Å². The molecule has 0 spiro atoms. The van der Waals surface area contributed by atoms with E-state index in [9.17, 15) is 18.0 Å². The van der Waals surface area contributed by atoms with Gasteiger partial charge in [0, 0.05) is 6.04 Å². The average Bonchev–Trinajstić information content (AvgIpc) is 2.94. The molecule has 214 valence electrons. The third kappa shape index (κ3) is 11.6. The van der Waals surface area contributed by atoms with E-state index in [0.717, 1.165) is 11.1 Å². The SMILES string of the molecule is CC(C)C[C@@H](CS(=O)(=O)N[C@@H](CCc1ccccc1)C(=O)COc1ccccc1)NC(=O)OCc1ccccc1. The zero-order chi connectivity index (χ0) is 28.8. The molecule has 0 radical (unpaired) electrons. The van der Waals surface area contributed by atoms with Crippen LogP contribution in [0.3, 0.4) is 0 Å². The molecule has 2 N–H and O–H groups in total. The van der Waals surface area contributed by atoms with Crippen LogP contribution in [0.15, 0.2) is 91.0 Å². The van der Waals surface area contributed by atoms with Crippen molar-refractivity contribution in [1.82, 2.24) is 10.0 Å². The van der Waals surface area contributed by atoms with Crippen molar-refractivity contribution in [2.75, 3.05) is 12.4 Å². The molecule has 0 fully saturated rings. The van der Waals surface area contributed by atoms with E-state index in [0.29, 0.717) is 18.6 Å². The predicted molar refractivity (Wildman–Crippen MR) is 155 cm³/mol. The van der Waals surface area contributed by atoms with E-state index in [-0.39, 0.29) is 37.1 Å². The molecule has 0 aliphatic carbocycles. The Hall–Kier alpha value is -3.69. The number of hydrogen-bond acceptors (Lipinski definition) is 6. The largest absolute Gasteiger partial charge is 0.486 e. The summed E-state index contributed by atoms with van der Waals surface area (Å²) >= 11 is 0. The molecular formula is C31H38N2O6S. The highest BCUT2D eigenvalue weighted by Crippen LogP contribution is 2.13. The third-order valence-corrected chi connectivity index (χ3v) is 7.60. The van der Waals surface area contributed by atoms with Gasteiger partial charge >= 0.3 is 6.09 Å². The van der Waals surface area contributed by atoms with Crippen molar-refractivity contribution in [3.8, 4) is 5.75 Å². The normalized spacial score (nSPS) is 12.9. The molecule has 0 bridgehead atoms. The summed E-state index contributed by atoms with van der Waals surface area (Å²) in [5.41, 5.74) is 1.81. The molecule has 8 nitrogen and oxygen atoms in total. The summed E-state index contributed by atoms with van der Waals surface area (Å²) in [6.45, 7) is 3.68. The van der Waals surface area contributed by atoms with Gasteiger partial charge in [0.25, 0.3) is 0 Å². The molecule has 0 saturated heterocycles. The van der Waals surface area contributed by atoms with Crippen molar-refractivity contribution in [2.24, 2.45) is 5.92 Å². The molecule has 0 aliphatic heterocycles. The van der Waals surface area contributed by atoms with Crippen LogP contribution in [-0.4, -0.2) is 44.7 Å². The lowest BCUT2D eigenvalue weighted by atomic mass is 10.0. The van der Waals surface area contributed by atoms with Crippen molar-refractivity contribution < 1.29 is 27.5 Å². The topological polar surface area (TPSA) is 111 Å². The fourth-order valence-electron chi connectivity index (χ4n) is 4.21. The Bertz CT molecular complexity index is 1290. The fourth-order valence-corrected chi connectivity index (χ4v) is 5.74. The molecule has 3 aromatic rings. The minimum Gasteiger partial charge on any atom is -0.486 e. The van der Waals surface area contributed by atoms with Crippen molar-refractivity contribution >= 4 is 21.9 Å². The number of Topliss-reactive ketones (excluding diaryl/α,β-unsaturated/α-hetero) is 1. The van der Waals surface area contributed by atoms with E-state index in [2.05, 4.69) is 10.0 Å². The molecule has 3 rings (SSSR count). The second kappa shape index (κ2) is 15.8. The van der Waals surface area contributed by atoms with E-state index in [1.807, 2.05) is 80.6 Å². The number of benzene rings is 3. The van der Waals surface area contributed by atoms with Gasteiger partial charge in [0.2, 0.25) is 10.0 Å². The molecule has 1 amide bonds. The first-order valence-corrected chi connectivity index (χ1v) is 15.1. The van der Waals surface area contributed by atoms with Crippen molar-refractivity contribution in [3.63, 3.8) is 0 Å². The van der Waals surface area contributed by atoms with E-state index in [4.69, 9.17) is 9.47 Å². The molecule has 0 aromatic heterocycles. The number of para-hydroxylation sites is 1. The van der Waals surface area contributed by atoms with Gasteiger partial charge in [0.05, 0.1) is 11.8 Å². The third-order valence-electron chi connectivity index (χ3n) is 6.11. The van der Waals surface area contributed by atoms with Gasteiger partial charge in [0.1, 0.15) is 19.0 Å². The number of rotatable bonds is 16. The number of sulfonamides is 1. The Kier molecular flexibility index (Phi) is 12.2. The molecular weight excluding hydrogens is 528 g/mol. The number of amides is 1. The summed E-state index contributed by atoms with van der Waals surface area (Å²) in [6, 6.07) is 26.0. The number of aryl methyl sites for hydroxylation is 1. The Morgan fingerprint density at radius 2 is 1.40 bits per heavy atom. The van der Waals surface area contributed by atoms with Crippen LogP contribution in [0.4, 0.5) is 4.79 Å². The fraction of sp³-hybridized carbons (Fsp3) is 0.355. The lowest BCUT2D eigenvalue weighted by molar-refractivity contribution is -0.122. The maximum absolute atomic E-state index is 13.3. The van der Waals surface area contributed by atoms with Crippen LogP contribution in [0.2, 0.25) is 0 Å². The van der Waals surface area contributed by atoms with Crippen LogP contribution in [0.25, 0.3) is 0 Å². The van der Waals surface area contributed by atoms with Crippen LogP contribution >= 0.6 is 0 Å². The highest BCUT2D eigenvalue weighted by Gasteiger charge is 2.28. The van der Waals surface area contributed by atoms with Gasteiger partial charge < -0.3 is 14.8 Å². The molecule has 40 heavy (non-hydrogen) atoms. The lowest BCUT2D eigenvalue weighted by Gasteiger charge is -2.23. The minimum atomic E-state index is -3.97. The number of ether oxygens (including phenoxy) is 2. The number of ketones is 1. The molecule has 2 atom stereocenters. The molecule has 0 saturated carbocycles. The predicted octanol–water partition coefficient (Wildman–Crippen LogP) is 4.90. The monoisotopic (exact) mass is 566 g/mol. The summed E-state index contributed by atoms with van der Waals surface area (Å²) in [7, 11) is -3.97. The van der Waals surface area contributed by atoms with Gasteiger partial charge in [-0.2, -0.15) is 0 Å². The maximum atomic E-state index is 13.3. The smallest absolute Gasteiger partial charge is 0.407 e. The number of hydrogen-bond donors (Lipinski definition) is 2. The summed E-state index contributed by atoms with van der Waals surface area (Å²) in [5.74, 6) is -0.126. The van der Waals surface area contributed by atoms with Crippen LogP contribution in [-0.2, 0) is 32.6 Å². The zero-order valence-corrected chi connectivity index (χ0v) is 23.8. The average molecular weight is 567 g/mol. The first-order valence-electron chi connectivity index (χ1n) is 13.4. The summed E-state index contributed by atoms with van der Waals surface area (Å²) in [5, 5.41) is 2.69. The van der Waals surface area contributed by atoms with Crippen LogP contribution in [0, 0.1) is 5.92 Å². The number of carbonyl (C=O) groups is 2. The molecule has 0 unspecified atom stereocenters. The maximum Gasteiger partial charge on any atom is 0.407 e. The van der Waals surface area contributed by atoms with Crippen molar-refractivity contribution in [1.29, 1.82) is 0 Å². The second-order valence-electron chi connectivity index (χ2n) is 10.1. The summed E-state index contributed by atoms with van der Waals surface area (Å²) in [4.78, 5) is 25.6. The number of alkyl carbamates (subject to hydrolysis) is 1. The van der Waals surface area contributed by atoms with Crippen LogP contribution in [0.1, 0.15) is 37.8 Å². The van der Waals surface area contributed by atoms with E-state index < -0.39 is 28.2 Å². The first-order chi connectivity index (χ1) is 19.2. The van der Waals surface area contributed by atoms with Gasteiger partial charge in [0.15, 0.2) is 5.78 Å².